The van der Waals surface area contributed by atoms with E-state index in [1.54, 1.807) is 34.6 Å². The number of nitrogens with zero attached hydrogens (tertiary/aromatic N) is 1. The molecule has 2 aromatic carbocycles. The van der Waals surface area contributed by atoms with Gasteiger partial charge < -0.3 is 5.32 Å². The average Bonchev–Trinajstić information content (AvgIpc) is 2.68. The van der Waals surface area contributed by atoms with Crippen LogP contribution < -0.4 is 5.32 Å². The van der Waals surface area contributed by atoms with Crippen molar-refractivity contribution in [3.8, 4) is 0 Å². The van der Waals surface area contributed by atoms with Crippen molar-refractivity contribution in [1.29, 1.82) is 0 Å². The van der Waals surface area contributed by atoms with Crippen molar-refractivity contribution in [3.63, 3.8) is 0 Å². The van der Waals surface area contributed by atoms with E-state index in [1.807, 2.05) is 12.1 Å². The van der Waals surface area contributed by atoms with Crippen LogP contribution in [-0.2, 0) is 14.8 Å². The monoisotopic (exact) mass is 418 g/mol. The third kappa shape index (κ3) is 5.22. The van der Waals surface area contributed by atoms with Crippen molar-refractivity contribution in [2.75, 3.05) is 18.4 Å². The number of nitrogens with one attached hydrogen (secondary N) is 1. The Kier molecular flexibility index (Phi) is 6.54. The lowest BCUT2D eigenvalue weighted by molar-refractivity contribution is -0.111. The van der Waals surface area contributed by atoms with Gasteiger partial charge in [0, 0.05) is 29.9 Å². The van der Waals surface area contributed by atoms with Gasteiger partial charge in [-0.05, 0) is 66.8 Å². The van der Waals surface area contributed by atoms with Crippen LogP contribution in [0.1, 0.15) is 25.3 Å². The summed E-state index contributed by atoms with van der Waals surface area (Å²) in [4.78, 5) is 12.3. The van der Waals surface area contributed by atoms with E-state index in [1.165, 1.54) is 18.2 Å². The van der Waals surface area contributed by atoms with Gasteiger partial charge in [0.05, 0.1) is 4.90 Å². The summed E-state index contributed by atoms with van der Waals surface area (Å²) in [5, 5.41) is 3.36. The highest BCUT2D eigenvalue weighted by Crippen LogP contribution is 2.24. The van der Waals surface area contributed by atoms with E-state index >= 15 is 0 Å². The summed E-state index contributed by atoms with van der Waals surface area (Å²) in [6.07, 6.45) is 5.04. The standard InChI is InChI=1S/C21H23ClN2O3S/c1-16-3-2-14-24(15-16)28(26,27)20-11-9-19(10-12-20)23-21(25)13-6-17-4-7-18(22)8-5-17/h4-13,16H,2-3,14-15H2,1H3,(H,23,25)/b13-6+. The lowest BCUT2D eigenvalue weighted by Gasteiger charge is -2.30. The Balaban J connectivity index is 1.63. The summed E-state index contributed by atoms with van der Waals surface area (Å²) in [5.41, 5.74) is 1.40. The predicted octanol–water partition coefficient (Wildman–Crippen LogP) is 4.41. The van der Waals surface area contributed by atoms with E-state index in [-0.39, 0.29) is 10.8 Å². The quantitative estimate of drug-likeness (QED) is 0.731. The second-order valence-electron chi connectivity index (χ2n) is 7.01. The van der Waals surface area contributed by atoms with Crippen molar-refractivity contribution in [1.82, 2.24) is 4.31 Å². The number of carbonyl (C=O) groups is 1. The molecule has 1 aliphatic rings. The van der Waals surface area contributed by atoms with Crippen LogP contribution in [0, 0.1) is 5.92 Å². The van der Waals surface area contributed by atoms with Gasteiger partial charge in [-0.15, -0.1) is 0 Å². The van der Waals surface area contributed by atoms with Gasteiger partial charge in [-0.1, -0.05) is 30.7 Å². The summed E-state index contributed by atoms with van der Waals surface area (Å²) in [6.45, 7) is 3.18. The number of halogens is 1. The largest absolute Gasteiger partial charge is 0.323 e. The van der Waals surface area contributed by atoms with Gasteiger partial charge in [0.2, 0.25) is 15.9 Å². The van der Waals surface area contributed by atoms with Crippen LogP contribution in [-0.4, -0.2) is 31.7 Å². The number of carbonyl (C=O) groups excluding carboxylic acids is 1. The second kappa shape index (κ2) is 8.90. The fraction of sp³-hybridized carbons (Fsp3) is 0.286. The number of hydrogen-bond acceptors (Lipinski definition) is 3. The van der Waals surface area contributed by atoms with Gasteiger partial charge in [0.15, 0.2) is 0 Å². The molecule has 0 spiro atoms. The molecule has 1 atom stereocenters. The van der Waals surface area contributed by atoms with E-state index in [0.717, 1.165) is 18.4 Å². The Morgan fingerprint density at radius 1 is 1.14 bits per heavy atom. The summed E-state index contributed by atoms with van der Waals surface area (Å²) in [6, 6.07) is 13.4. The van der Waals surface area contributed by atoms with Crippen molar-refractivity contribution < 1.29 is 13.2 Å². The molecule has 148 valence electrons. The zero-order valence-electron chi connectivity index (χ0n) is 15.6. The van der Waals surface area contributed by atoms with Gasteiger partial charge >= 0.3 is 0 Å². The molecule has 0 aliphatic carbocycles. The van der Waals surface area contributed by atoms with Crippen LogP contribution in [0.4, 0.5) is 5.69 Å². The van der Waals surface area contributed by atoms with Crippen molar-refractivity contribution >= 4 is 39.3 Å². The molecule has 2 aromatic rings. The number of hydrogen-bond donors (Lipinski definition) is 1. The van der Waals surface area contributed by atoms with E-state index in [2.05, 4.69) is 12.2 Å². The van der Waals surface area contributed by atoms with Crippen LogP contribution in [0.25, 0.3) is 6.08 Å². The third-order valence-electron chi connectivity index (χ3n) is 4.68. The molecule has 1 N–H and O–H groups in total. The fourth-order valence-electron chi connectivity index (χ4n) is 3.15. The van der Waals surface area contributed by atoms with Gasteiger partial charge in [0.1, 0.15) is 0 Å². The number of rotatable bonds is 5. The van der Waals surface area contributed by atoms with Crippen molar-refractivity contribution in [3.05, 3.63) is 65.2 Å². The number of sulfonamides is 1. The lowest BCUT2D eigenvalue weighted by Crippen LogP contribution is -2.39. The Morgan fingerprint density at radius 2 is 1.82 bits per heavy atom. The molecule has 1 amide bonds. The molecule has 7 heteroatoms. The molecule has 1 aliphatic heterocycles. The fourth-order valence-corrected chi connectivity index (χ4v) is 4.88. The highest BCUT2D eigenvalue weighted by Gasteiger charge is 2.28. The van der Waals surface area contributed by atoms with Crippen LogP contribution in [0.15, 0.2) is 59.5 Å². The Bertz CT molecular complexity index is 954. The Hall–Kier alpha value is -2.15. The molecule has 28 heavy (non-hydrogen) atoms. The van der Waals surface area contributed by atoms with E-state index < -0.39 is 10.0 Å². The normalized spacial score (nSPS) is 18.3. The Morgan fingerprint density at radius 3 is 2.46 bits per heavy atom. The maximum Gasteiger partial charge on any atom is 0.248 e. The highest BCUT2D eigenvalue weighted by atomic mass is 35.5. The Labute approximate surface area is 171 Å². The maximum atomic E-state index is 12.8. The average molecular weight is 419 g/mol. The third-order valence-corrected chi connectivity index (χ3v) is 6.81. The van der Waals surface area contributed by atoms with Gasteiger partial charge in [0.25, 0.3) is 0 Å². The summed E-state index contributed by atoms with van der Waals surface area (Å²) >= 11 is 5.83. The van der Waals surface area contributed by atoms with Gasteiger partial charge in [-0.3, -0.25) is 4.79 Å². The second-order valence-corrected chi connectivity index (χ2v) is 9.38. The SMILES string of the molecule is CC1CCCN(S(=O)(=O)c2ccc(NC(=O)/C=C/c3ccc(Cl)cc3)cc2)C1. The first-order valence-corrected chi connectivity index (χ1v) is 11.0. The molecule has 0 bridgehead atoms. The van der Waals surface area contributed by atoms with E-state index in [4.69, 9.17) is 11.6 Å². The van der Waals surface area contributed by atoms with Gasteiger partial charge in [-0.2, -0.15) is 4.31 Å². The molecule has 1 unspecified atom stereocenters. The van der Waals surface area contributed by atoms with E-state index in [0.29, 0.717) is 29.7 Å². The first-order valence-electron chi connectivity index (χ1n) is 9.19. The lowest BCUT2D eigenvalue weighted by atomic mass is 10.0. The van der Waals surface area contributed by atoms with Crippen LogP contribution >= 0.6 is 11.6 Å². The van der Waals surface area contributed by atoms with Crippen molar-refractivity contribution in [2.24, 2.45) is 5.92 Å². The topological polar surface area (TPSA) is 66.5 Å². The van der Waals surface area contributed by atoms with Crippen LogP contribution in [0.5, 0.6) is 0 Å². The molecule has 1 saturated heterocycles. The molecule has 0 radical (unpaired) electrons. The molecular formula is C21H23ClN2O3S. The minimum absolute atomic E-state index is 0.247. The first kappa shape index (κ1) is 20.6. The molecule has 0 aromatic heterocycles. The summed E-state index contributed by atoms with van der Waals surface area (Å²) < 4.78 is 27.1. The zero-order chi connectivity index (χ0) is 20.1. The number of anilines is 1. The number of piperidine rings is 1. The highest BCUT2D eigenvalue weighted by molar-refractivity contribution is 7.89. The molecule has 3 rings (SSSR count). The molecule has 0 saturated carbocycles. The van der Waals surface area contributed by atoms with Gasteiger partial charge in [-0.25, -0.2) is 8.42 Å². The summed E-state index contributed by atoms with van der Waals surface area (Å²) in [5.74, 6) is 0.0740. The molecule has 1 fully saturated rings. The van der Waals surface area contributed by atoms with Crippen LogP contribution in [0.2, 0.25) is 5.02 Å². The number of benzene rings is 2. The number of amides is 1. The summed E-state index contributed by atoms with van der Waals surface area (Å²) in [7, 11) is -3.49. The minimum Gasteiger partial charge on any atom is -0.323 e. The maximum absolute atomic E-state index is 12.8. The van der Waals surface area contributed by atoms with Crippen LogP contribution in [0.3, 0.4) is 0 Å². The predicted molar refractivity (Wildman–Crippen MR) is 113 cm³/mol. The first-order chi connectivity index (χ1) is 13.3. The van der Waals surface area contributed by atoms with Crippen molar-refractivity contribution in [2.45, 2.75) is 24.7 Å². The molecule has 5 nitrogen and oxygen atoms in total. The van der Waals surface area contributed by atoms with E-state index in [9.17, 15) is 13.2 Å². The molecular weight excluding hydrogens is 396 g/mol. The zero-order valence-corrected chi connectivity index (χ0v) is 17.2. The minimum atomic E-state index is -3.49. The molecule has 1 heterocycles. The smallest absolute Gasteiger partial charge is 0.248 e.